The van der Waals surface area contributed by atoms with Gasteiger partial charge in [0, 0.05) is 24.4 Å². The fraction of sp³-hybridized carbons (Fsp3) is 0.160. The van der Waals surface area contributed by atoms with E-state index in [1.165, 1.54) is 0 Å². The molecule has 0 radical (unpaired) electrons. The van der Waals surface area contributed by atoms with Crippen molar-refractivity contribution in [3.05, 3.63) is 84.2 Å². The van der Waals surface area contributed by atoms with Crippen LogP contribution in [0.15, 0.2) is 77.6 Å². The van der Waals surface area contributed by atoms with E-state index >= 15 is 0 Å². The highest BCUT2D eigenvalue weighted by molar-refractivity contribution is 6.04. The predicted molar refractivity (Wildman–Crippen MR) is 119 cm³/mol. The molecule has 0 spiro atoms. The fourth-order valence-corrected chi connectivity index (χ4v) is 3.53. The van der Waals surface area contributed by atoms with E-state index in [-0.39, 0.29) is 5.91 Å². The number of hydrogen-bond donors (Lipinski definition) is 0. The minimum atomic E-state index is -0.0634. The Morgan fingerprint density at radius 1 is 0.967 bits per heavy atom. The molecule has 0 aliphatic carbocycles. The summed E-state index contributed by atoms with van der Waals surface area (Å²) in [5, 5.41) is 4.41. The van der Waals surface area contributed by atoms with Crippen LogP contribution in [0.5, 0.6) is 0 Å². The lowest BCUT2D eigenvalue weighted by molar-refractivity contribution is -0.117. The second kappa shape index (κ2) is 8.33. The number of anilines is 2. The largest absolute Gasteiger partial charge is 0.337 e. The zero-order chi connectivity index (χ0) is 21.1. The van der Waals surface area contributed by atoms with Crippen LogP contribution in [-0.4, -0.2) is 16.0 Å². The van der Waals surface area contributed by atoms with E-state index < -0.39 is 0 Å². The van der Waals surface area contributed by atoms with Gasteiger partial charge in [0.1, 0.15) is 5.69 Å². The van der Waals surface area contributed by atoms with Gasteiger partial charge >= 0.3 is 0 Å². The van der Waals surface area contributed by atoms with Gasteiger partial charge in [-0.25, -0.2) is 4.90 Å². The number of nitrogens with zero attached hydrogens (tertiary/aromatic N) is 3. The molecule has 150 valence electrons. The first-order valence-corrected chi connectivity index (χ1v) is 9.96. The smallest absolute Gasteiger partial charge is 0.247 e. The van der Waals surface area contributed by atoms with Gasteiger partial charge in [0.25, 0.3) is 0 Å². The summed E-state index contributed by atoms with van der Waals surface area (Å²) < 4.78 is 5.87. The van der Waals surface area contributed by atoms with E-state index in [4.69, 9.17) is 4.52 Å². The summed E-state index contributed by atoms with van der Waals surface area (Å²) in [5.41, 5.74) is 6.18. The number of rotatable bonds is 5. The average Bonchev–Trinajstić information content (AvgIpc) is 3.20. The first-order chi connectivity index (χ1) is 14.6. The lowest BCUT2D eigenvalue weighted by Crippen LogP contribution is -2.25. The van der Waals surface area contributed by atoms with Crippen molar-refractivity contribution in [1.82, 2.24) is 10.1 Å². The Kier molecular flexibility index (Phi) is 5.44. The van der Waals surface area contributed by atoms with Crippen LogP contribution in [0.1, 0.15) is 24.5 Å². The number of aryl methyl sites for hydroxylation is 2. The van der Waals surface area contributed by atoms with Gasteiger partial charge in [-0.05, 0) is 49.2 Å². The van der Waals surface area contributed by atoms with Crippen LogP contribution in [-0.2, 0) is 4.79 Å². The van der Waals surface area contributed by atoms with Crippen molar-refractivity contribution < 1.29 is 9.32 Å². The molecule has 0 bridgehead atoms. The molecule has 0 saturated heterocycles. The Morgan fingerprint density at radius 3 is 2.43 bits per heavy atom. The lowest BCUT2D eigenvalue weighted by Gasteiger charge is -2.22. The summed E-state index contributed by atoms with van der Waals surface area (Å²) in [6.07, 6.45) is 3.79. The maximum absolute atomic E-state index is 13.1. The third-order valence-corrected chi connectivity index (χ3v) is 5.05. The second-order valence-electron chi connectivity index (χ2n) is 7.19. The normalized spacial score (nSPS) is 10.8. The molecule has 2 aromatic carbocycles. The van der Waals surface area contributed by atoms with Gasteiger partial charge in [-0.3, -0.25) is 9.78 Å². The zero-order valence-corrected chi connectivity index (χ0v) is 17.3. The molecule has 5 nitrogen and oxygen atoms in total. The molecular formula is C25H23N3O2. The highest BCUT2D eigenvalue weighted by atomic mass is 16.5. The topological polar surface area (TPSA) is 59.2 Å². The SMILES string of the molecule is CCC(=O)N(c1ccccc1C)c1onc(-c2cccc(C)c2)c1-c1ccncc1. The number of para-hydroxylation sites is 1. The summed E-state index contributed by atoms with van der Waals surface area (Å²) in [5.74, 6) is 0.352. The summed E-state index contributed by atoms with van der Waals surface area (Å²) in [6, 6.07) is 19.7. The fourth-order valence-electron chi connectivity index (χ4n) is 3.53. The van der Waals surface area contributed by atoms with E-state index in [0.717, 1.165) is 33.5 Å². The maximum atomic E-state index is 13.1. The van der Waals surface area contributed by atoms with Crippen LogP contribution in [0.25, 0.3) is 22.4 Å². The van der Waals surface area contributed by atoms with E-state index in [2.05, 4.69) is 16.2 Å². The van der Waals surface area contributed by atoms with Crippen molar-refractivity contribution in [3.8, 4) is 22.4 Å². The van der Waals surface area contributed by atoms with E-state index in [0.29, 0.717) is 18.0 Å². The predicted octanol–water partition coefficient (Wildman–Crippen LogP) is 6.10. The van der Waals surface area contributed by atoms with Crippen molar-refractivity contribution in [2.45, 2.75) is 27.2 Å². The van der Waals surface area contributed by atoms with Crippen LogP contribution in [0.4, 0.5) is 11.6 Å². The Labute approximate surface area is 176 Å². The van der Waals surface area contributed by atoms with Crippen molar-refractivity contribution >= 4 is 17.5 Å². The molecule has 4 rings (SSSR count). The van der Waals surface area contributed by atoms with Gasteiger partial charge in [0.2, 0.25) is 11.8 Å². The van der Waals surface area contributed by atoms with Crippen LogP contribution >= 0.6 is 0 Å². The summed E-state index contributed by atoms with van der Waals surface area (Å²) in [7, 11) is 0. The highest BCUT2D eigenvalue weighted by Crippen LogP contribution is 2.42. The summed E-state index contributed by atoms with van der Waals surface area (Å²) in [4.78, 5) is 18.8. The monoisotopic (exact) mass is 397 g/mol. The molecule has 2 aromatic heterocycles. The first-order valence-electron chi connectivity index (χ1n) is 9.96. The lowest BCUT2D eigenvalue weighted by atomic mass is 10.00. The number of carbonyl (C=O) groups is 1. The number of aromatic nitrogens is 2. The van der Waals surface area contributed by atoms with Gasteiger partial charge in [0.15, 0.2) is 0 Å². The second-order valence-corrected chi connectivity index (χ2v) is 7.19. The quantitative estimate of drug-likeness (QED) is 0.408. The van der Waals surface area contributed by atoms with Gasteiger partial charge in [-0.15, -0.1) is 0 Å². The maximum Gasteiger partial charge on any atom is 0.247 e. The van der Waals surface area contributed by atoms with Crippen molar-refractivity contribution in [2.24, 2.45) is 0 Å². The molecule has 0 aliphatic rings. The van der Waals surface area contributed by atoms with Crippen LogP contribution < -0.4 is 4.90 Å². The third-order valence-electron chi connectivity index (χ3n) is 5.05. The van der Waals surface area contributed by atoms with Gasteiger partial charge in [-0.1, -0.05) is 54.0 Å². The average molecular weight is 397 g/mol. The molecule has 0 unspecified atom stereocenters. The highest BCUT2D eigenvalue weighted by Gasteiger charge is 2.29. The molecule has 0 aliphatic heterocycles. The van der Waals surface area contributed by atoms with Crippen molar-refractivity contribution in [1.29, 1.82) is 0 Å². The standard InChI is InChI=1S/C25H23N3O2/c1-4-22(29)28(21-11-6-5-9-18(21)3)25-23(19-12-14-26-15-13-19)24(27-30-25)20-10-7-8-17(2)16-20/h5-16H,4H2,1-3H3. The summed E-state index contributed by atoms with van der Waals surface area (Å²) in [6.45, 7) is 5.86. The Balaban J connectivity index is 1.99. The molecular weight excluding hydrogens is 374 g/mol. The van der Waals surface area contributed by atoms with Gasteiger partial charge in [0.05, 0.1) is 11.3 Å². The molecule has 30 heavy (non-hydrogen) atoms. The van der Waals surface area contributed by atoms with Crippen molar-refractivity contribution in [3.63, 3.8) is 0 Å². The third kappa shape index (κ3) is 3.62. The molecule has 1 amide bonds. The van der Waals surface area contributed by atoms with E-state index in [1.54, 1.807) is 17.3 Å². The van der Waals surface area contributed by atoms with Crippen molar-refractivity contribution in [2.75, 3.05) is 4.90 Å². The Morgan fingerprint density at radius 2 is 1.73 bits per heavy atom. The Hall–Kier alpha value is -3.73. The van der Waals surface area contributed by atoms with E-state index in [1.807, 2.05) is 75.4 Å². The number of carbonyl (C=O) groups excluding carboxylic acids is 1. The van der Waals surface area contributed by atoms with Crippen LogP contribution in [0.3, 0.4) is 0 Å². The van der Waals surface area contributed by atoms with Crippen LogP contribution in [0, 0.1) is 13.8 Å². The molecule has 2 heterocycles. The van der Waals surface area contributed by atoms with Gasteiger partial charge < -0.3 is 4.52 Å². The summed E-state index contributed by atoms with van der Waals surface area (Å²) >= 11 is 0. The van der Waals surface area contributed by atoms with E-state index in [9.17, 15) is 4.79 Å². The zero-order valence-electron chi connectivity index (χ0n) is 17.3. The molecule has 0 saturated carbocycles. The molecule has 0 N–H and O–H groups in total. The molecule has 4 aromatic rings. The minimum absolute atomic E-state index is 0.0634. The van der Waals surface area contributed by atoms with Crippen LogP contribution in [0.2, 0.25) is 0 Å². The first kappa shape index (κ1) is 19.6. The number of hydrogen-bond acceptors (Lipinski definition) is 4. The minimum Gasteiger partial charge on any atom is -0.337 e. The number of amides is 1. The van der Waals surface area contributed by atoms with Gasteiger partial charge in [-0.2, -0.15) is 0 Å². The molecule has 0 atom stereocenters. The molecule has 5 heteroatoms. The number of pyridine rings is 1. The molecule has 0 fully saturated rings. The number of benzene rings is 2. The Bertz CT molecular complexity index is 1180.